The summed E-state index contributed by atoms with van der Waals surface area (Å²) in [6.07, 6.45) is 7.23. The molecule has 2 aromatic carbocycles. The number of aryl methyl sites for hydroxylation is 1. The summed E-state index contributed by atoms with van der Waals surface area (Å²) in [5, 5.41) is 8.60. The molecule has 1 aliphatic carbocycles. The molecule has 9 heteroatoms. The third-order valence-corrected chi connectivity index (χ3v) is 9.02. The first kappa shape index (κ1) is 24.9. The summed E-state index contributed by atoms with van der Waals surface area (Å²) in [6.45, 7) is 0. The lowest BCUT2D eigenvalue weighted by atomic mass is 10.0. The van der Waals surface area contributed by atoms with Crippen molar-refractivity contribution in [2.75, 3.05) is 11.5 Å². The molecule has 1 aromatic heterocycles. The highest BCUT2D eigenvalue weighted by Gasteiger charge is 2.22. The fourth-order valence-corrected chi connectivity index (χ4v) is 6.34. The van der Waals surface area contributed by atoms with Gasteiger partial charge in [0.2, 0.25) is 0 Å². The number of allylic oxidation sites excluding steroid dienone is 1. The van der Waals surface area contributed by atoms with Crippen molar-refractivity contribution >= 4 is 25.4 Å². The molecular formula is C26H27N3O4S2. The summed E-state index contributed by atoms with van der Waals surface area (Å²) in [6, 6.07) is 16.3. The number of hydrogen-bond donors (Lipinski definition) is 0. The molecule has 0 radical (unpaired) electrons. The SMILES string of the molecule is O=S(=O)(CC#CC=C(CS(=O)(=O)c1ccccc1)n1nnc2c1CCCCCC2)c1ccccc1. The summed E-state index contributed by atoms with van der Waals surface area (Å²) in [5.41, 5.74) is 2.14. The predicted octanol–water partition coefficient (Wildman–Crippen LogP) is 3.73. The van der Waals surface area contributed by atoms with Crippen LogP contribution in [0.3, 0.4) is 0 Å². The average Bonchev–Trinajstić information content (AvgIpc) is 3.23. The molecule has 0 bridgehead atoms. The molecule has 0 aliphatic heterocycles. The van der Waals surface area contributed by atoms with Crippen LogP contribution in [0.15, 0.2) is 76.5 Å². The van der Waals surface area contributed by atoms with Crippen LogP contribution in [0, 0.1) is 11.8 Å². The summed E-state index contributed by atoms with van der Waals surface area (Å²) in [7, 11) is -7.25. The van der Waals surface area contributed by atoms with Gasteiger partial charge in [-0.15, -0.1) is 5.10 Å². The van der Waals surface area contributed by atoms with E-state index in [2.05, 4.69) is 22.2 Å². The van der Waals surface area contributed by atoms with Gasteiger partial charge >= 0.3 is 0 Å². The van der Waals surface area contributed by atoms with Crippen molar-refractivity contribution in [2.24, 2.45) is 0 Å². The van der Waals surface area contributed by atoms with Crippen LogP contribution in [0.4, 0.5) is 0 Å². The van der Waals surface area contributed by atoms with Crippen molar-refractivity contribution in [3.63, 3.8) is 0 Å². The molecule has 1 aliphatic rings. The number of fused-ring (bicyclic) bond motifs is 1. The molecule has 0 amide bonds. The molecule has 182 valence electrons. The first-order valence-electron chi connectivity index (χ1n) is 11.5. The van der Waals surface area contributed by atoms with Gasteiger partial charge in [-0.25, -0.2) is 21.5 Å². The normalized spacial score (nSPS) is 14.8. The third-order valence-electron chi connectivity index (χ3n) is 5.84. The average molecular weight is 510 g/mol. The van der Waals surface area contributed by atoms with Crippen molar-refractivity contribution in [3.05, 3.63) is 78.1 Å². The van der Waals surface area contributed by atoms with Crippen LogP contribution in [0.2, 0.25) is 0 Å². The molecule has 7 nitrogen and oxygen atoms in total. The van der Waals surface area contributed by atoms with Crippen molar-refractivity contribution in [2.45, 2.75) is 48.3 Å². The Morgan fingerprint density at radius 3 is 2.09 bits per heavy atom. The molecule has 3 aromatic rings. The first-order valence-corrected chi connectivity index (χ1v) is 14.8. The highest BCUT2D eigenvalue weighted by atomic mass is 32.2. The second-order valence-corrected chi connectivity index (χ2v) is 12.4. The molecule has 0 saturated heterocycles. The lowest BCUT2D eigenvalue weighted by Gasteiger charge is -2.13. The van der Waals surface area contributed by atoms with Gasteiger partial charge in [0.1, 0.15) is 5.75 Å². The Morgan fingerprint density at radius 2 is 1.43 bits per heavy atom. The van der Waals surface area contributed by atoms with Crippen LogP contribution in [0.25, 0.3) is 5.70 Å². The van der Waals surface area contributed by atoms with E-state index in [1.165, 1.54) is 18.2 Å². The molecule has 0 atom stereocenters. The second kappa shape index (κ2) is 11.0. The minimum Gasteiger partial charge on any atom is -0.223 e. The zero-order valence-electron chi connectivity index (χ0n) is 19.3. The summed E-state index contributed by atoms with van der Waals surface area (Å²) >= 11 is 0. The number of hydrogen-bond acceptors (Lipinski definition) is 6. The zero-order chi connectivity index (χ0) is 24.7. The van der Waals surface area contributed by atoms with E-state index >= 15 is 0 Å². The van der Waals surface area contributed by atoms with Gasteiger partial charge in [0.15, 0.2) is 19.7 Å². The van der Waals surface area contributed by atoms with Crippen LogP contribution < -0.4 is 0 Å². The van der Waals surface area contributed by atoms with Crippen LogP contribution >= 0.6 is 0 Å². The summed E-state index contributed by atoms with van der Waals surface area (Å²) < 4.78 is 53.0. The zero-order valence-corrected chi connectivity index (χ0v) is 20.9. The Morgan fingerprint density at radius 1 is 0.829 bits per heavy atom. The van der Waals surface area contributed by atoms with E-state index in [0.29, 0.717) is 5.70 Å². The minimum absolute atomic E-state index is 0.197. The van der Waals surface area contributed by atoms with E-state index in [4.69, 9.17) is 0 Å². The fraction of sp³-hybridized carbons (Fsp3) is 0.308. The molecule has 0 fully saturated rings. The van der Waals surface area contributed by atoms with E-state index in [9.17, 15) is 16.8 Å². The van der Waals surface area contributed by atoms with Crippen LogP contribution in [-0.2, 0) is 32.5 Å². The van der Waals surface area contributed by atoms with Gasteiger partial charge in [-0.05, 0) is 49.9 Å². The molecule has 0 N–H and O–H groups in total. The van der Waals surface area contributed by atoms with E-state index in [0.717, 1.165) is 49.9 Å². The summed E-state index contributed by atoms with van der Waals surface area (Å²) in [4.78, 5) is 0.399. The van der Waals surface area contributed by atoms with Crippen molar-refractivity contribution in [1.29, 1.82) is 0 Å². The highest BCUT2D eigenvalue weighted by Crippen LogP contribution is 2.23. The topological polar surface area (TPSA) is 99.0 Å². The quantitative estimate of drug-likeness (QED) is 0.470. The molecule has 4 rings (SSSR count). The van der Waals surface area contributed by atoms with Crippen LogP contribution in [0.1, 0.15) is 37.1 Å². The molecular weight excluding hydrogens is 482 g/mol. The number of benzene rings is 2. The minimum atomic E-state index is -3.68. The van der Waals surface area contributed by atoms with E-state index in [1.54, 1.807) is 53.2 Å². The van der Waals surface area contributed by atoms with Gasteiger partial charge < -0.3 is 0 Å². The van der Waals surface area contributed by atoms with Crippen LogP contribution in [0.5, 0.6) is 0 Å². The molecule has 0 spiro atoms. The van der Waals surface area contributed by atoms with Gasteiger partial charge in [0.25, 0.3) is 0 Å². The van der Waals surface area contributed by atoms with E-state index in [-0.39, 0.29) is 21.3 Å². The maximum atomic E-state index is 13.2. The Labute approximate surface area is 206 Å². The second-order valence-electron chi connectivity index (χ2n) is 8.41. The Hall–Kier alpha value is -3.22. The maximum Gasteiger partial charge on any atom is 0.189 e. The number of sulfone groups is 2. The lowest BCUT2D eigenvalue weighted by Crippen LogP contribution is -2.16. The fourth-order valence-electron chi connectivity index (χ4n) is 4.00. The smallest absolute Gasteiger partial charge is 0.189 e. The first-order chi connectivity index (χ1) is 16.9. The van der Waals surface area contributed by atoms with Gasteiger partial charge in [-0.2, -0.15) is 0 Å². The molecule has 1 heterocycles. The molecule has 35 heavy (non-hydrogen) atoms. The Kier molecular flexibility index (Phi) is 7.83. The molecule has 0 saturated carbocycles. The Bertz CT molecular complexity index is 1470. The van der Waals surface area contributed by atoms with Crippen LogP contribution in [-0.4, -0.2) is 43.3 Å². The summed E-state index contributed by atoms with van der Waals surface area (Å²) in [5.74, 6) is 4.74. The molecule has 0 unspecified atom stereocenters. The number of aromatic nitrogens is 3. The third kappa shape index (κ3) is 6.27. The predicted molar refractivity (Wildman–Crippen MR) is 135 cm³/mol. The highest BCUT2D eigenvalue weighted by molar-refractivity contribution is 7.92. The van der Waals surface area contributed by atoms with Gasteiger partial charge in [-0.3, -0.25) is 0 Å². The maximum absolute atomic E-state index is 13.2. The van der Waals surface area contributed by atoms with Crippen molar-refractivity contribution in [1.82, 2.24) is 15.0 Å². The standard InChI is InChI=1S/C26H27N3O4S2/c30-34(31,23-14-5-3-6-15-23)20-12-11-13-22(21-35(32,33)24-16-7-4-8-17-24)29-26-19-10-2-1-9-18-25(26)27-28-29/h3-8,13-17H,1-2,9-10,18-21H2. The largest absolute Gasteiger partial charge is 0.223 e. The van der Waals surface area contributed by atoms with Gasteiger partial charge in [0.05, 0.1) is 32.6 Å². The Balaban J connectivity index is 1.68. The van der Waals surface area contributed by atoms with E-state index in [1.807, 2.05) is 0 Å². The van der Waals surface area contributed by atoms with Gasteiger partial charge in [0, 0.05) is 6.08 Å². The lowest BCUT2D eigenvalue weighted by molar-refractivity contribution is 0.595. The monoisotopic (exact) mass is 509 g/mol. The van der Waals surface area contributed by atoms with Crippen molar-refractivity contribution in [3.8, 4) is 11.8 Å². The number of nitrogens with zero attached hydrogens (tertiary/aromatic N) is 3. The van der Waals surface area contributed by atoms with E-state index < -0.39 is 19.7 Å². The van der Waals surface area contributed by atoms with Crippen molar-refractivity contribution < 1.29 is 16.8 Å². The van der Waals surface area contributed by atoms with Gasteiger partial charge in [-0.1, -0.05) is 66.3 Å². The number of rotatable bonds is 6.